The fourth-order valence-electron chi connectivity index (χ4n) is 6.35. The van der Waals surface area contributed by atoms with Crippen molar-refractivity contribution in [3.8, 4) is 0 Å². The number of amides is 3. The maximum Gasteiger partial charge on any atom is 0.320 e. The minimum Gasteiger partial charge on any atom is -0.349 e. The van der Waals surface area contributed by atoms with Gasteiger partial charge in [-0.3, -0.25) is 9.69 Å². The lowest BCUT2D eigenvalue weighted by Crippen LogP contribution is -2.55. The minimum absolute atomic E-state index is 0.00925. The van der Waals surface area contributed by atoms with E-state index in [0.717, 1.165) is 51.6 Å². The van der Waals surface area contributed by atoms with Crippen LogP contribution in [0.15, 0.2) is 30.3 Å². The zero-order valence-corrected chi connectivity index (χ0v) is 19.9. The molecule has 3 aliphatic carbocycles. The van der Waals surface area contributed by atoms with Crippen molar-refractivity contribution in [2.45, 2.75) is 74.9 Å². The number of nitrogens with one attached hydrogen (secondary N) is 1. The van der Waals surface area contributed by atoms with Gasteiger partial charge in [-0.25, -0.2) is 4.79 Å². The lowest BCUT2D eigenvalue weighted by molar-refractivity contribution is -0.120. The van der Waals surface area contributed by atoms with Crippen molar-refractivity contribution in [1.82, 2.24) is 20.0 Å². The monoisotopic (exact) mass is 438 g/mol. The third-order valence-corrected chi connectivity index (χ3v) is 8.66. The van der Waals surface area contributed by atoms with Gasteiger partial charge in [0.05, 0.1) is 11.1 Å². The quantitative estimate of drug-likeness (QED) is 0.708. The molecule has 5 rings (SSSR count). The van der Waals surface area contributed by atoms with Crippen molar-refractivity contribution in [1.29, 1.82) is 0 Å². The summed E-state index contributed by atoms with van der Waals surface area (Å²) in [7, 11) is 4.40. The van der Waals surface area contributed by atoms with Gasteiger partial charge in [0.15, 0.2) is 0 Å². The fourth-order valence-corrected chi connectivity index (χ4v) is 6.35. The Morgan fingerprint density at radius 3 is 2.25 bits per heavy atom. The van der Waals surface area contributed by atoms with E-state index in [-0.39, 0.29) is 28.6 Å². The predicted molar refractivity (Wildman–Crippen MR) is 125 cm³/mol. The van der Waals surface area contributed by atoms with E-state index >= 15 is 0 Å². The summed E-state index contributed by atoms with van der Waals surface area (Å²) in [6, 6.07) is 11.1. The molecule has 1 N–H and O–H groups in total. The SMILES string of the molecule is CC(=O)NC1(CN2C[C@]3(CC[C@@](c4ccccc4)(N(C)C)CC3)N(CC3CC3)C2=O)CC1. The Hall–Kier alpha value is -2.08. The average molecular weight is 439 g/mol. The molecule has 0 bridgehead atoms. The van der Waals surface area contributed by atoms with Gasteiger partial charge in [-0.2, -0.15) is 0 Å². The van der Waals surface area contributed by atoms with Crippen molar-refractivity contribution in [2.24, 2.45) is 5.92 Å². The summed E-state index contributed by atoms with van der Waals surface area (Å²) in [5.41, 5.74) is 1.16. The molecule has 6 nitrogen and oxygen atoms in total. The Balaban J connectivity index is 1.37. The van der Waals surface area contributed by atoms with Crippen LogP contribution in [0, 0.1) is 5.92 Å². The van der Waals surface area contributed by atoms with Gasteiger partial charge in [-0.05, 0) is 76.9 Å². The summed E-state index contributed by atoms with van der Waals surface area (Å²) in [4.78, 5) is 32.0. The first-order chi connectivity index (χ1) is 15.3. The van der Waals surface area contributed by atoms with E-state index in [4.69, 9.17) is 0 Å². The topological polar surface area (TPSA) is 55.9 Å². The number of benzene rings is 1. The third-order valence-electron chi connectivity index (χ3n) is 8.66. The highest BCUT2D eigenvalue weighted by Gasteiger charge is 2.57. The standard InChI is InChI=1S/C26H38N4O2/c1-20(31)27-24(11-12-24)18-29-19-25(30(23(29)32)17-21-9-10-21)13-15-26(16-14-25,28(2)3)22-7-5-4-6-8-22/h4-8,21H,9-19H2,1-3H3,(H,27,31)/t25-,26-. The van der Waals surface area contributed by atoms with Crippen LogP contribution in [0.4, 0.5) is 4.79 Å². The van der Waals surface area contributed by atoms with Crippen molar-refractivity contribution in [2.75, 3.05) is 33.7 Å². The van der Waals surface area contributed by atoms with E-state index in [1.807, 2.05) is 0 Å². The highest BCUT2D eigenvalue weighted by atomic mass is 16.2. The molecule has 3 amide bonds. The molecule has 4 fully saturated rings. The van der Waals surface area contributed by atoms with Crippen LogP contribution in [-0.4, -0.2) is 71.4 Å². The van der Waals surface area contributed by atoms with Gasteiger partial charge < -0.3 is 15.1 Å². The van der Waals surface area contributed by atoms with Gasteiger partial charge in [0, 0.05) is 32.1 Å². The highest BCUT2D eigenvalue weighted by molar-refractivity contribution is 5.79. The zero-order chi connectivity index (χ0) is 22.6. The normalized spacial score (nSPS) is 31.4. The Morgan fingerprint density at radius 2 is 1.72 bits per heavy atom. The van der Waals surface area contributed by atoms with E-state index < -0.39 is 0 Å². The van der Waals surface area contributed by atoms with Gasteiger partial charge in [0.2, 0.25) is 5.91 Å². The summed E-state index contributed by atoms with van der Waals surface area (Å²) in [5.74, 6) is 0.686. The molecule has 6 heteroatoms. The molecule has 0 radical (unpaired) electrons. The Labute approximate surface area is 192 Å². The van der Waals surface area contributed by atoms with Crippen LogP contribution in [0.1, 0.15) is 63.9 Å². The second-order valence-electron chi connectivity index (χ2n) is 11.2. The van der Waals surface area contributed by atoms with Crippen LogP contribution in [0.25, 0.3) is 0 Å². The van der Waals surface area contributed by atoms with E-state index in [2.05, 4.69) is 64.4 Å². The predicted octanol–water partition coefficient (Wildman–Crippen LogP) is 3.57. The van der Waals surface area contributed by atoms with Gasteiger partial charge in [0.25, 0.3) is 0 Å². The molecular formula is C26H38N4O2. The van der Waals surface area contributed by atoms with Crippen LogP contribution >= 0.6 is 0 Å². The molecule has 1 spiro atoms. The molecule has 4 aliphatic rings. The minimum atomic E-state index is -0.190. The fraction of sp³-hybridized carbons (Fsp3) is 0.692. The van der Waals surface area contributed by atoms with Gasteiger partial charge >= 0.3 is 6.03 Å². The maximum absolute atomic E-state index is 13.6. The average Bonchev–Trinajstić information content (AvgIpc) is 3.69. The van der Waals surface area contributed by atoms with Crippen LogP contribution in [0.3, 0.4) is 0 Å². The molecule has 32 heavy (non-hydrogen) atoms. The Kier molecular flexibility index (Phi) is 5.27. The van der Waals surface area contributed by atoms with Crippen molar-refractivity contribution in [3.05, 3.63) is 35.9 Å². The molecular weight excluding hydrogens is 400 g/mol. The van der Waals surface area contributed by atoms with Crippen LogP contribution in [0.2, 0.25) is 0 Å². The molecule has 1 aromatic rings. The number of carbonyl (C=O) groups is 2. The summed E-state index contributed by atoms with van der Waals surface area (Å²) in [6.45, 7) is 3.95. The van der Waals surface area contributed by atoms with Gasteiger partial charge in [0.1, 0.15) is 0 Å². The van der Waals surface area contributed by atoms with E-state index in [9.17, 15) is 9.59 Å². The molecule has 174 valence electrons. The maximum atomic E-state index is 13.6. The van der Waals surface area contributed by atoms with Crippen LogP contribution < -0.4 is 5.32 Å². The first-order valence-electron chi connectivity index (χ1n) is 12.4. The van der Waals surface area contributed by atoms with Crippen molar-refractivity contribution >= 4 is 11.9 Å². The van der Waals surface area contributed by atoms with E-state index in [0.29, 0.717) is 12.5 Å². The Bertz CT molecular complexity index is 867. The highest BCUT2D eigenvalue weighted by Crippen LogP contribution is 2.50. The molecule has 1 heterocycles. The molecule has 0 atom stereocenters. The molecule has 0 unspecified atom stereocenters. The van der Waals surface area contributed by atoms with Crippen LogP contribution in [0.5, 0.6) is 0 Å². The number of hydrogen-bond donors (Lipinski definition) is 1. The second kappa shape index (κ2) is 7.75. The number of hydrogen-bond acceptors (Lipinski definition) is 3. The second-order valence-corrected chi connectivity index (χ2v) is 11.2. The summed E-state index contributed by atoms with van der Waals surface area (Å²) >= 11 is 0. The van der Waals surface area contributed by atoms with E-state index in [1.54, 1.807) is 6.92 Å². The first-order valence-corrected chi connectivity index (χ1v) is 12.4. The number of carbonyl (C=O) groups excluding carboxylic acids is 2. The summed E-state index contributed by atoms with van der Waals surface area (Å²) in [5, 5.41) is 3.13. The largest absolute Gasteiger partial charge is 0.349 e. The number of urea groups is 1. The van der Waals surface area contributed by atoms with Gasteiger partial charge in [-0.15, -0.1) is 0 Å². The molecule has 0 aromatic heterocycles. The van der Waals surface area contributed by atoms with Crippen molar-refractivity contribution in [3.63, 3.8) is 0 Å². The third kappa shape index (κ3) is 3.81. The lowest BCUT2D eigenvalue weighted by Gasteiger charge is -2.51. The van der Waals surface area contributed by atoms with E-state index in [1.165, 1.54) is 18.4 Å². The summed E-state index contributed by atoms with van der Waals surface area (Å²) < 4.78 is 0. The smallest absolute Gasteiger partial charge is 0.320 e. The number of rotatable bonds is 7. The first kappa shape index (κ1) is 21.7. The molecule has 1 saturated heterocycles. The van der Waals surface area contributed by atoms with Gasteiger partial charge in [-0.1, -0.05) is 30.3 Å². The zero-order valence-electron chi connectivity index (χ0n) is 19.9. The molecule has 1 aliphatic heterocycles. The number of nitrogens with zero attached hydrogens (tertiary/aromatic N) is 3. The molecule has 3 saturated carbocycles. The van der Waals surface area contributed by atoms with Crippen LogP contribution in [-0.2, 0) is 10.3 Å². The molecule has 1 aromatic carbocycles. The van der Waals surface area contributed by atoms with Crippen molar-refractivity contribution < 1.29 is 9.59 Å². The lowest BCUT2D eigenvalue weighted by atomic mass is 9.68. The Morgan fingerprint density at radius 1 is 1.06 bits per heavy atom. The summed E-state index contributed by atoms with van der Waals surface area (Å²) in [6.07, 6.45) is 8.63.